The molecule has 6 nitrogen and oxygen atoms in total. The maximum Gasteiger partial charge on any atom is 0.321 e. The van der Waals surface area contributed by atoms with Crippen LogP contribution in [0.4, 0.5) is 10.5 Å². The fourth-order valence-corrected chi connectivity index (χ4v) is 2.81. The van der Waals surface area contributed by atoms with Crippen LogP contribution in [-0.2, 0) is 6.54 Å². The number of hydrogen-bond donors (Lipinski definition) is 3. The van der Waals surface area contributed by atoms with Crippen molar-refractivity contribution in [3.63, 3.8) is 0 Å². The summed E-state index contributed by atoms with van der Waals surface area (Å²) in [5.74, 6) is 0. The van der Waals surface area contributed by atoms with E-state index >= 15 is 0 Å². The number of rotatable bonds is 6. The Labute approximate surface area is 137 Å². The third kappa shape index (κ3) is 4.67. The Morgan fingerprint density at radius 2 is 2.13 bits per heavy atom. The van der Waals surface area contributed by atoms with Gasteiger partial charge in [-0.15, -0.1) is 0 Å². The van der Waals surface area contributed by atoms with E-state index in [1.807, 2.05) is 24.3 Å². The predicted octanol–water partition coefficient (Wildman–Crippen LogP) is 1.49. The second-order valence-electron chi connectivity index (χ2n) is 6.15. The molecule has 0 aliphatic carbocycles. The van der Waals surface area contributed by atoms with Gasteiger partial charge in [-0.05, 0) is 37.2 Å². The fourth-order valence-electron chi connectivity index (χ4n) is 2.81. The Kier molecular flexibility index (Phi) is 5.98. The summed E-state index contributed by atoms with van der Waals surface area (Å²) in [4.78, 5) is 16.1. The molecule has 1 aromatic rings. The highest BCUT2D eigenvalue weighted by Crippen LogP contribution is 2.22. The molecular formula is C17H27N3O3. The molecule has 23 heavy (non-hydrogen) atoms. The van der Waals surface area contributed by atoms with Crippen molar-refractivity contribution >= 4 is 11.7 Å². The van der Waals surface area contributed by atoms with E-state index in [0.717, 1.165) is 30.9 Å². The predicted molar refractivity (Wildman–Crippen MR) is 90.3 cm³/mol. The highest BCUT2D eigenvalue weighted by Gasteiger charge is 2.37. The first-order valence-corrected chi connectivity index (χ1v) is 8.20. The Morgan fingerprint density at radius 3 is 2.74 bits per heavy atom. The minimum absolute atomic E-state index is 0.161. The van der Waals surface area contributed by atoms with Crippen molar-refractivity contribution < 1.29 is 15.0 Å². The number of carbonyl (C=O) groups excluding carboxylic acids is 1. The van der Waals surface area contributed by atoms with Crippen molar-refractivity contribution in [2.24, 2.45) is 0 Å². The average molecular weight is 321 g/mol. The van der Waals surface area contributed by atoms with E-state index in [0.29, 0.717) is 13.0 Å². The van der Waals surface area contributed by atoms with Crippen LogP contribution >= 0.6 is 0 Å². The maximum absolute atomic E-state index is 12.3. The number of aliphatic hydroxyl groups excluding tert-OH is 1. The van der Waals surface area contributed by atoms with E-state index < -0.39 is 5.60 Å². The van der Waals surface area contributed by atoms with Gasteiger partial charge in [-0.2, -0.15) is 0 Å². The van der Waals surface area contributed by atoms with Gasteiger partial charge in [0.05, 0.1) is 13.2 Å². The largest absolute Gasteiger partial charge is 0.393 e. The molecule has 0 saturated carbocycles. The molecule has 3 N–H and O–H groups in total. The standard InChI is InChI=1S/C17H27N3O3/c1-3-19(4-2)11-14-6-5-7-15(10-14)18-16(22)20-9-8-17(23,12-20)13-21/h5-7,10,21,23H,3-4,8-9,11-13H2,1-2H3,(H,18,22)/t17-/m0/s1. The first kappa shape index (κ1) is 17.7. The van der Waals surface area contributed by atoms with Gasteiger partial charge >= 0.3 is 6.03 Å². The van der Waals surface area contributed by atoms with E-state index in [9.17, 15) is 9.90 Å². The van der Waals surface area contributed by atoms with Gasteiger partial charge in [0.25, 0.3) is 0 Å². The van der Waals surface area contributed by atoms with Crippen LogP contribution in [0.25, 0.3) is 0 Å². The van der Waals surface area contributed by atoms with Gasteiger partial charge in [0.2, 0.25) is 0 Å². The lowest BCUT2D eigenvalue weighted by atomic mass is 10.1. The normalized spacial score (nSPS) is 21.0. The van der Waals surface area contributed by atoms with Gasteiger partial charge < -0.3 is 20.4 Å². The molecule has 0 bridgehead atoms. The van der Waals surface area contributed by atoms with Gasteiger partial charge in [-0.3, -0.25) is 4.90 Å². The Hall–Kier alpha value is -1.63. The van der Waals surface area contributed by atoms with E-state index in [2.05, 4.69) is 24.1 Å². The van der Waals surface area contributed by atoms with Gasteiger partial charge in [0.15, 0.2) is 0 Å². The molecule has 1 atom stereocenters. The van der Waals surface area contributed by atoms with E-state index in [1.54, 1.807) is 0 Å². The van der Waals surface area contributed by atoms with Crippen LogP contribution in [0.1, 0.15) is 25.8 Å². The van der Waals surface area contributed by atoms with Crippen LogP contribution in [0.2, 0.25) is 0 Å². The molecule has 1 aliphatic rings. The smallest absolute Gasteiger partial charge is 0.321 e. The molecule has 0 spiro atoms. The summed E-state index contributed by atoms with van der Waals surface area (Å²) in [6, 6.07) is 7.58. The zero-order chi connectivity index (χ0) is 16.9. The number of urea groups is 1. The van der Waals surface area contributed by atoms with Crippen molar-refractivity contribution in [3.05, 3.63) is 29.8 Å². The van der Waals surface area contributed by atoms with Crippen molar-refractivity contribution in [2.45, 2.75) is 32.4 Å². The van der Waals surface area contributed by atoms with Crippen molar-refractivity contribution in [2.75, 3.05) is 38.1 Å². The van der Waals surface area contributed by atoms with Crippen LogP contribution in [0.15, 0.2) is 24.3 Å². The van der Waals surface area contributed by atoms with Gasteiger partial charge in [0, 0.05) is 18.8 Å². The number of nitrogens with zero attached hydrogens (tertiary/aromatic N) is 2. The third-order valence-corrected chi connectivity index (χ3v) is 4.39. The summed E-state index contributed by atoms with van der Waals surface area (Å²) < 4.78 is 0. The first-order valence-electron chi connectivity index (χ1n) is 8.20. The zero-order valence-electron chi connectivity index (χ0n) is 14.0. The Morgan fingerprint density at radius 1 is 1.39 bits per heavy atom. The number of β-amino-alcohol motifs (C(OH)–C–C–N with tert-alkyl or cyclic N) is 1. The minimum Gasteiger partial charge on any atom is -0.393 e. The van der Waals surface area contributed by atoms with Crippen molar-refractivity contribution in [1.29, 1.82) is 0 Å². The lowest BCUT2D eigenvalue weighted by molar-refractivity contribution is -0.00246. The molecule has 1 aromatic carbocycles. The Balaban J connectivity index is 1.96. The molecule has 1 heterocycles. The van der Waals surface area contributed by atoms with Crippen LogP contribution in [-0.4, -0.2) is 64.4 Å². The lowest BCUT2D eigenvalue weighted by Crippen LogP contribution is -2.40. The molecule has 6 heteroatoms. The topological polar surface area (TPSA) is 76.0 Å². The van der Waals surface area contributed by atoms with Crippen LogP contribution in [0, 0.1) is 0 Å². The molecule has 1 fully saturated rings. The van der Waals surface area contributed by atoms with E-state index in [4.69, 9.17) is 5.11 Å². The molecule has 0 unspecified atom stereocenters. The highest BCUT2D eigenvalue weighted by atomic mass is 16.3. The van der Waals surface area contributed by atoms with E-state index in [-0.39, 0.29) is 19.2 Å². The number of anilines is 1. The van der Waals surface area contributed by atoms with Crippen LogP contribution in [0.3, 0.4) is 0 Å². The van der Waals surface area contributed by atoms with Gasteiger partial charge in [-0.25, -0.2) is 4.79 Å². The maximum atomic E-state index is 12.3. The van der Waals surface area contributed by atoms with Gasteiger partial charge in [-0.1, -0.05) is 26.0 Å². The SMILES string of the molecule is CCN(CC)Cc1cccc(NC(=O)N2CC[C@@](O)(CO)C2)c1. The number of aliphatic hydroxyl groups is 2. The first-order chi connectivity index (χ1) is 11.0. The van der Waals surface area contributed by atoms with Gasteiger partial charge in [0.1, 0.15) is 5.60 Å². The molecule has 0 aromatic heterocycles. The zero-order valence-corrected chi connectivity index (χ0v) is 14.0. The fraction of sp³-hybridized carbons (Fsp3) is 0.588. The monoisotopic (exact) mass is 321 g/mol. The highest BCUT2D eigenvalue weighted by molar-refractivity contribution is 5.89. The summed E-state index contributed by atoms with van der Waals surface area (Å²) in [5, 5.41) is 22.0. The second-order valence-corrected chi connectivity index (χ2v) is 6.15. The molecule has 0 radical (unpaired) electrons. The summed E-state index contributed by atoms with van der Waals surface area (Å²) in [7, 11) is 0. The minimum atomic E-state index is -1.16. The molecule has 128 valence electrons. The van der Waals surface area contributed by atoms with Crippen molar-refractivity contribution in [3.8, 4) is 0 Å². The number of amides is 2. The summed E-state index contributed by atoms with van der Waals surface area (Å²) in [6.45, 7) is 7.37. The number of nitrogens with one attached hydrogen (secondary N) is 1. The number of carbonyl (C=O) groups is 1. The molecular weight excluding hydrogens is 294 g/mol. The Bertz CT molecular complexity index is 534. The second kappa shape index (κ2) is 7.77. The molecule has 1 saturated heterocycles. The lowest BCUT2D eigenvalue weighted by Gasteiger charge is -2.21. The molecule has 2 rings (SSSR count). The third-order valence-electron chi connectivity index (χ3n) is 4.39. The quantitative estimate of drug-likeness (QED) is 0.742. The van der Waals surface area contributed by atoms with Crippen LogP contribution in [0.5, 0.6) is 0 Å². The molecule has 2 amide bonds. The number of hydrogen-bond acceptors (Lipinski definition) is 4. The van der Waals surface area contributed by atoms with Crippen molar-refractivity contribution in [1.82, 2.24) is 9.80 Å². The number of likely N-dealkylation sites (tertiary alicyclic amines) is 1. The number of benzene rings is 1. The summed E-state index contributed by atoms with van der Waals surface area (Å²) >= 11 is 0. The summed E-state index contributed by atoms with van der Waals surface area (Å²) in [5.41, 5.74) is 0.737. The average Bonchev–Trinajstić information content (AvgIpc) is 2.96. The van der Waals surface area contributed by atoms with Crippen LogP contribution < -0.4 is 5.32 Å². The summed E-state index contributed by atoms with van der Waals surface area (Å²) in [6.07, 6.45) is 0.402. The molecule has 1 aliphatic heterocycles. The van der Waals surface area contributed by atoms with E-state index in [1.165, 1.54) is 4.90 Å².